The lowest BCUT2D eigenvalue weighted by molar-refractivity contribution is -0.136. The second-order valence-corrected chi connectivity index (χ2v) is 10.9. The summed E-state index contributed by atoms with van der Waals surface area (Å²) in [6.45, 7) is 8.96. The van der Waals surface area contributed by atoms with E-state index in [2.05, 4.69) is 71.7 Å². The highest BCUT2D eigenvalue weighted by Crippen LogP contribution is 2.31. The van der Waals surface area contributed by atoms with Crippen molar-refractivity contribution >= 4 is 24.2 Å². The topological polar surface area (TPSA) is 61.9 Å². The van der Waals surface area contributed by atoms with E-state index in [1.54, 1.807) is 0 Å². The largest absolute Gasteiger partial charge is 0.390 e. The standard InChI is InChI=1S/C27H38N4OS/c1-21(2)18-27(3,29-20-28)26(32)30(4)19-22-14-16-31(17-15-22)33-25-12-10-24(11-13-25)23-8-6-5-7-9-23/h5-13,20-22H,14-19H2,1-4H3,(H2,28,29). The molecule has 1 atom stereocenters. The molecule has 33 heavy (non-hydrogen) atoms. The van der Waals surface area contributed by atoms with Crippen LogP contribution in [0.25, 0.3) is 11.1 Å². The van der Waals surface area contributed by atoms with E-state index < -0.39 is 5.54 Å². The summed E-state index contributed by atoms with van der Waals surface area (Å²) >= 11 is 1.83. The van der Waals surface area contributed by atoms with Gasteiger partial charge in [0.1, 0.15) is 5.54 Å². The molecule has 2 aromatic rings. The van der Waals surface area contributed by atoms with Gasteiger partial charge < -0.3 is 10.6 Å². The van der Waals surface area contributed by atoms with Crippen LogP contribution in [-0.2, 0) is 4.79 Å². The normalized spacial score (nSPS) is 17.4. The molecule has 2 aromatic carbocycles. The molecule has 1 unspecified atom stereocenters. The van der Waals surface area contributed by atoms with Gasteiger partial charge in [0, 0.05) is 31.6 Å². The van der Waals surface area contributed by atoms with Gasteiger partial charge in [-0.1, -0.05) is 56.3 Å². The molecular weight excluding hydrogens is 428 g/mol. The predicted octanol–water partition coefficient (Wildman–Crippen LogP) is 5.32. The smallest absolute Gasteiger partial charge is 0.250 e. The van der Waals surface area contributed by atoms with Crippen LogP contribution in [0.5, 0.6) is 0 Å². The zero-order chi connectivity index (χ0) is 23.8. The average molecular weight is 467 g/mol. The summed E-state index contributed by atoms with van der Waals surface area (Å²) in [6.07, 6.45) is 4.15. The van der Waals surface area contributed by atoms with Crippen LogP contribution in [0.15, 0.2) is 64.5 Å². The molecule has 0 bridgehead atoms. The van der Waals surface area contributed by atoms with Crippen molar-refractivity contribution in [3.63, 3.8) is 0 Å². The van der Waals surface area contributed by atoms with Gasteiger partial charge in [0.05, 0.1) is 6.34 Å². The number of nitrogens with two attached hydrogens (primary N) is 1. The van der Waals surface area contributed by atoms with E-state index in [1.165, 1.54) is 22.4 Å². The van der Waals surface area contributed by atoms with Crippen LogP contribution in [0.1, 0.15) is 40.0 Å². The van der Waals surface area contributed by atoms with Crippen LogP contribution in [0.2, 0.25) is 0 Å². The Hall–Kier alpha value is -2.31. The zero-order valence-corrected chi connectivity index (χ0v) is 21.2. The van der Waals surface area contributed by atoms with Gasteiger partial charge in [-0.2, -0.15) is 0 Å². The van der Waals surface area contributed by atoms with Crippen LogP contribution in [-0.4, -0.2) is 53.7 Å². The molecule has 0 radical (unpaired) electrons. The minimum atomic E-state index is -0.778. The molecule has 3 rings (SSSR count). The maximum absolute atomic E-state index is 13.1. The van der Waals surface area contributed by atoms with Crippen molar-refractivity contribution < 1.29 is 4.79 Å². The second-order valence-electron chi connectivity index (χ2n) is 9.69. The van der Waals surface area contributed by atoms with E-state index in [9.17, 15) is 4.79 Å². The van der Waals surface area contributed by atoms with Gasteiger partial charge in [0.2, 0.25) is 5.91 Å². The molecule has 1 aliphatic rings. The van der Waals surface area contributed by atoms with Crippen molar-refractivity contribution in [3.8, 4) is 11.1 Å². The van der Waals surface area contributed by atoms with Crippen molar-refractivity contribution in [2.45, 2.75) is 50.5 Å². The number of benzene rings is 2. The molecule has 1 saturated heterocycles. The van der Waals surface area contributed by atoms with Gasteiger partial charge in [-0.3, -0.25) is 9.79 Å². The molecule has 0 aliphatic carbocycles. The Labute approximate surface area is 203 Å². The summed E-state index contributed by atoms with van der Waals surface area (Å²) in [5.74, 6) is 0.952. The second kappa shape index (κ2) is 11.7. The van der Waals surface area contributed by atoms with Gasteiger partial charge >= 0.3 is 0 Å². The molecule has 1 aliphatic heterocycles. The number of carbonyl (C=O) groups is 1. The number of amides is 1. The van der Waals surface area contributed by atoms with Crippen molar-refractivity contribution in [3.05, 3.63) is 54.6 Å². The lowest BCUT2D eigenvalue weighted by Crippen LogP contribution is -2.47. The third-order valence-corrected chi connectivity index (χ3v) is 7.38. The molecule has 1 heterocycles. The van der Waals surface area contributed by atoms with Crippen molar-refractivity contribution in [1.82, 2.24) is 9.21 Å². The first-order valence-electron chi connectivity index (χ1n) is 11.9. The zero-order valence-electron chi connectivity index (χ0n) is 20.4. The molecule has 2 N–H and O–H groups in total. The third-order valence-electron chi connectivity index (χ3n) is 6.27. The highest BCUT2D eigenvalue weighted by atomic mass is 32.2. The number of carbonyl (C=O) groups excluding carboxylic acids is 1. The number of likely N-dealkylation sites (N-methyl/N-ethyl adjacent to an activating group) is 1. The molecule has 0 saturated carbocycles. The highest BCUT2D eigenvalue weighted by Gasteiger charge is 2.36. The SMILES string of the molecule is CC(C)CC(C)(N=CN)C(=O)N(C)CC1CCN(Sc2ccc(-c3ccccc3)cc2)CC1. The molecular formula is C27H38N4OS. The summed E-state index contributed by atoms with van der Waals surface area (Å²) in [4.78, 5) is 20.6. The Morgan fingerprint density at radius 2 is 1.76 bits per heavy atom. The highest BCUT2D eigenvalue weighted by molar-refractivity contribution is 7.97. The molecule has 178 valence electrons. The Bertz CT molecular complexity index is 907. The van der Waals surface area contributed by atoms with Crippen LogP contribution < -0.4 is 5.73 Å². The monoisotopic (exact) mass is 466 g/mol. The van der Waals surface area contributed by atoms with Crippen LogP contribution in [0.3, 0.4) is 0 Å². The van der Waals surface area contributed by atoms with E-state index in [0.717, 1.165) is 32.5 Å². The minimum Gasteiger partial charge on any atom is -0.390 e. The van der Waals surface area contributed by atoms with E-state index >= 15 is 0 Å². The first-order valence-corrected chi connectivity index (χ1v) is 12.7. The van der Waals surface area contributed by atoms with Gasteiger partial charge in [-0.05, 0) is 73.2 Å². The van der Waals surface area contributed by atoms with Crippen LogP contribution in [0.4, 0.5) is 0 Å². The van der Waals surface area contributed by atoms with Crippen molar-refractivity contribution in [1.29, 1.82) is 0 Å². The number of hydrogen-bond acceptors (Lipinski definition) is 4. The maximum Gasteiger partial charge on any atom is 0.250 e. The molecule has 6 heteroatoms. The minimum absolute atomic E-state index is 0.0632. The fraction of sp³-hybridized carbons (Fsp3) is 0.481. The first-order chi connectivity index (χ1) is 15.8. The molecule has 0 aromatic heterocycles. The van der Waals surface area contributed by atoms with Gasteiger partial charge in [0.15, 0.2) is 0 Å². The summed E-state index contributed by atoms with van der Waals surface area (Å²) in [6, 6.07) is 19.3. The Morgan fingerprint density at radius 1 is 1.15 bits per heavy atom. The van der Waals surface area contributed by atoms with E-state index in [-0.39, 0.29) is 5.91 Å². The quantitative estimate of drug-likeness (QED) is 0.308. The van der Waals surface area contributed by atoms with Crippen LogP contribution >= 0.6 is 11.9 Å². The number of piperidine rings is 1. The Morgan fingerprint density at radius 3 is 2.33 bits per heavy atom. The molecule has 5 nitrogen and oxygen atoms in total. The average Bonchev–Trinajstić information content (AvgIpc) is 2.80. The summed E-state index contributed by atoms with van der Waals surface area (Å²) in [5.41, 5.74) is 7.27. The first kappa shape index (κ1) is 25.3. The van der Waals surface area contributed by atoms with E-state index in [4.69, 9.17) is 5.73 Å². The molecule has 0 spiro atoms. The van der Waals surface area contributed by atoms with Gasteiger partial charge in [0.25, 0.3) is 0 Å². The number of rotatable bonds is 9. The number of nitrogens with zero attached hydrogens (tertiary/aromatic N) is 3. The van der Waals surface area contributed by atoms with E-state index in [1.807, 2.05) is 36.9 Å². The van der Waals surface area contributed by atoms with Crippen molar-refractivity contribution in [2.24, 2.45) is 22.6 Å². The predicted molar refractivity (Wildman–Crippen MR) is 140 cm³/mol. The third kappa shape index (κ3) is 7.08. The number of hydrogen-bond donors (Lipinski definition) is 1. The summed E-state index contributed by atoms with van der Waals surface area (Å²) < 4.78 is 2.44. The van der Waals surface area contributed by atoms with Crippen molar-refractivity contribution in [2.75, 3.05) is 26.7 Å². The van der Waals surface area contributed by atoms with Gasteiger partial charge in [-0.15, -0.1) is 0 Å². The fourth-order valence-electron chi connectivity index (χ4n) is 4.71. The molecule has 1 amide bonds. The van der Waals surface area contributed by atoms with Crippen LogP contribution in [0, 0.1) is 11.8 Å². The van der Waals surface area contributed by atoms with Gasteiger partial charge in [-0.25, -0.2) is 4.31 Å². The Balaban J connectivity index is 1.49. The lowest BCUT2D eigenvalue weighted by atomic mass is 9.89. The maximum atomic E-state index is 13.1. The number of aliphatic imine (C=N–C) groups is 1. The van der Waals surface area contributed by atoms with E-state index in [0.29, 0.717) is 18.3 Å². The molecule has 1 fully saturated rings. The summed E-state index contributed by atoms with van der Waals surface area (Å²) in [7, 11) is 1.91. The fourth-order valence-corrected chi connectivity index (χ4v) is 5.66. The summed E-state index contributed by atoms with van der Waals surface area (Å²) in [5, 5.41) is 0. The Kier molecular flexibility index (Phi) is 8.98. The lowest BCUT2D eigenvalue weighted by Gasteiger charge is -2.36.